The minimum Gasteiger partial charge on any atom is -0.328 e. The van der Waals surface area contributed by atoms with E-state index in [4.69, 9.17) is 5.73 Å². The number of hydrogen-bond donors (Lipinski definition) is 1. The van der Waals surface area contributed by atoms with Crippen molar-refractivity contribution in [3.05, 3.63) is 0 Å². The van der Waals surface area contributed by atoms with Crippen molar-refractivity contribution in [2.75, 3.05) is 0 Å². The maximum atomic E-state index is 6.20. The largest absolute Gasteiger partial charge is 0.328 e. The van der Waals surface area contributed by atoms with Crippen LogP contribution < -0.4 is 5.73 Å². The fraction of sp³-hybridized carbons (Fsp3) is 1.00. The highest BCUT2D eigenvalue weighted by atomic mass is 14.6. The number of hydrogen-bond acceptors (Lipinski definition) is 1. The van der Waals surface area contributed by atoms with Crippen molar-refractivity contribution in [2.45, 2.75) is 90.0 Å². The fourth-order valence-corrected chi connectivity index (χ4v) is 7.55. The van der Waals surface area contributed by atoms with Gasteiger partial charge in [-0.2, -0.15) is 0 Å². The first-order valence-electron chi connectivity index (χ1n) is 10.5. The maximum Gasteiger partial charge on any atom is 0.00390 e. The quantitative estimate of drug-likeness (QED) is 0.691. The van der Waals surface area contributed by atoms with Gasteiger partial charge in [0.05, 0.1) is 0 Å². The van der Waals surface area contributed by atoms with Gasteiger partial charge in [0.25, 0.3) is 0 Å². The standard InChI is InChI=1S/C21H37N/c1-14-17-6-2-3-7-18(17)19-8-4-5-9-20(19)21(14)15-10-12-16(22)13-11-15/h14-21H,2-13,22H2,1H3. The summed E-state index contributed by atoms with van der Waals surface area (Å²) in [6.07, 6.45) is 17.8. The monoisotopic (exact) mass is 303 g/mol. The Balaban J connectivity index is 1.58. The Morgan fingerprint density at radius 3 is 1.73 bits per heavy atom. The second kappa shape index (κ2) is 6.46. The number of rotatable bonds is 1. The van der Waals surface area contributed by atoms with E-state index in [1.54, 1.807) is 25.7 Å². The Bertz CT molecular complexity index is 370. The molecule has 4 aliphatic rings. The second-order valence-corrected chi connectivity index (χ2v) is 9.34. The average Bonchev–Trinajstić information content (AvgIpc) is 2.57. The molecule has 0 aromatic rings. The van der Waals surface area contributed by atoms with E-state index in [1.165, 1.54) is 51.4 Å². The molecule has 0 saturated heterocycles. The molecule has 1 heteroatoms. The molecule has 0 aromatic carbocycles. The van der Waals surface area contributed by atoms with Gasteiger partial charge in [-0.1, -0.05) is 32.6 Å². The van der Waals surface area contributed by atoms with Gasteiger partial charge in [0.2, 0.25) is 0 Å². The summed E-state index contributed by atoms with van der Waals surface area (Å²) >= 11 is 0. The average molecular weight is 304 g/mol. The molecule has 1 nitrogen and oxygen atoms in total. The number of nitrogens with two attached hydrogens (primary N) is 1. The molecule has 0 heterocycles. The van der Waals surface area contributed by atoms with E-state index >= 15 is 0 Å². The van der Waals surface area contributed by atoms with Crippen molar-refractivity contribution in [2.24, 2.45) is 47.2 Å². The lowest BCUT2D eigenvalue weighted by Gasteiger charge is -2.57. The molecule has 2 N–H and O–H groups in total. The molecule has 0 amide bonds. The zero-order chi connectivity index (χ0) is 15.1. The van der Waals surface area contributed by atoms with E-state index in [9.17, 15) is 0 Å². The first-order chi connectivity index (χ1) is 10.8. The Kier molecular flexibility index (Phi) is 4.55. The molecule has 0 aromatic heterocycles. The lowest BCUT2D eigenvalue weighted by atomic mass is 9.48. The van der Waals surface area contributed by atoms with Crippen molar-refractivity contribution < 1.29 is 0 Å². The van der Waals surface area contributed by atoms with Gasteiger partial charge >= 0.3 is 0 Å². The third-order valence-corrected chi connectivity index (χ3v) is 8.44. The van der Waals surface area contributed by atoms with Crippen molar-refractivity contribution in [1.82, 2.24) is 0 Å². The van der Waals surface area contributed by atoms with Gasteiger partial charge < -0.3 is 5.73 Å². The fourth-order valence-electron chi connectivity index (χ4n) is 7.55. The van der Waals surface area contributed by atoms with Crippen molar-refractivity contribution in [1.29, 1.82) is 0 Å². The summed E-state index contributed by atoms with van der Waals surface area (Å²) in [5, 5.41) is 0. The van der Waals surface area contributed by atoms with Gasteiger partial charge in [-0.05, 0) is 92.8 Å². The van der Waals surface area contributed by atoms with E-state index in [2.05, 4.69) is 6.92 Å². The smallest absolute Gasteiger partial charge is 0.00390 e. The van der Waals surface area contributed by atoms with E-state index in [1.807, 2.05) is 0 Å². The molecule has 0 bridgehead atoms. The van der Waals surface area contributed by atoms with E-state index in [-0.39, 0.29) is 0 Å². The summed E-state index contributed by atoms with van der Waals surface area (Å²) < 4.78 is 0. The van der Waals surface area contributed by atoms with Gasteiger partial charge in [-0.3, -0.25) is 0 Å². The van der Waals surface area contributed by atoms with Crippen LogP contribution >= 0.6 is 0 Å². The molecule has 4 saturated carbocycles. The Morgan fingerprint density at radius 1 is 0.591 bits per heavy atom. The number of fused-ring (bicyclic) bond motifs is 3. The van der Waals surface area contributed by atoms with Crippen LogP contribution in [0.15, 0.2) is 0 Å². The van der Waals surface area contributed by atoms with Crippen LogP contribution in [0.5, 0.6) is 0 Å². The van der Waals surface area contributed by atoms with Gasteiger partial charge in [0.15, 0.2) is 0 Å². The van der Waals surface area contributed by atoms with Crippen LogP contribution in [0.4, 0.5) is 0 Å². The van der Waals surface area contributed by atoms with E-state index < -0.39 is 0 Å². The summed E-state index contributed by atoms with van der Waals surface area (Å²) in [4.78, 5) is 0. The van der Waals surface area contributed by atoms with Crippen LogP contribution in [-0.4, -0.2) is 6.04 Å². The molecule has 0 spiro atoms. The highest BCUT2D eigenvalue weighted by Crippen LogP contribution is 2.58. The van der Waals surface area contributed by atoms with Crippen LogP contribution in [0.1, 0.15) is 84.0 Å². The molecule has 0 aliphatic heterocycles. The molecular weight excluding hydrogens is 266 g/mol. The normalized spacial score (nSPS) is 52.6. The molecule has 0 radical (unpaired) electrons. The Hall–Kier alpha value is -0.0400. The molecule has 22 heavy (non-hydrogen) atoms. The highest BCUT2D eigenvalue weighted by Gasteiger charge is 2.51. The molecular formula is C21H37N. The summed E-state index contributed by atoms with van der Waals surface area (Å²) in [5.74, 6) is 7.45. The SMILES string of the molecule is CC1C2CCCCC2C2CCCCC2C1C1CCC(N)CC1. The minimum absolute atomic E-state index is 0.514. The zero-order valence-electron chi connectivity index (χ0n) is 14.7. The Morgan fingerprint density at radius 2 is 1.09 bits per heavy atom. The predicted octanol–water partition coefficient (Wildman–Crippen LogP) is 5.38. The topological polar surface area (TPSA) is 26.0 Å². The van der Waals surface area contributed by atoms with Crippen molar-refractivity contribution in [3.8, 4) is 0 Å². The summed E-state index contributed by atoms with van der Waals surface area (Å²) in [5.41, 5.74) is 6.20. The molecule has 6 atom stereocenters. The lowest BCUT2D eigenvalue weighted by Crippen LogP contribution is -2.50. The third-order valence-electron chi connectivity index (χ3n) is 8.44. The van der Waals surface area contributed by atoms with Gasteiger partial charge in [-0.25, -0.2) is 0 Å². The van der Waals surface area contributed by atoms with E-state index in [0.717, 1.165) is 41.4 Å². The minimum atomic E-state index is 0.514. The van der Waals surface area contributed by atoms with E-state index in [0.29, 0.717) is 6.04 Å². The molecule has 6 unspecified atom stereocenters. The summed E-state index contributed by atoms with van der Waals surface area (Å²) in [6, 6.07) is 0.514. The van der Waals surface area contributed by atoms with Crippen LogP contribution in [0.2, 0.25) is 0 Å². The first-order valence-corrected chi connectivity index (χ1v) is 10.5. The molecule has 126 valence electrons. The summed E-state index contributed by atoms with van der Waals surface area (Å²) in [6.45, 7) is 2.66. The predicted molar refractivity (Wildman–Crippen MR) is 93.5 cm³/mol. The van der Waals surface area contributed by atoms with Gasteiger partial charge in [-0.15, -0.1) is 0 Å². The second-order valence-electron chi connectivity index (χ2n) is 9.34. The zero-order valence-corrected chi connectivity index (χ0v) is 14.7. The lowest BCUT2D eigenvalue weighted by molar-refractivity contribution is -0.0825. The maximum absolute atomic E-state index is 6.20. The van der Waals surface area contributed by atoms with Crippen LogP contribution in [0.3, 0.4) is 0 Å². The van der Waals surface area contributed by atoms with Crippen LogP contribution in [0, 0.1) is 41.4 Å². The van der Waals surface area contributed by atoms with Crippen molar-refractivity contribution in [3.63, 3.8) is 0 Å². The van der Waals surface area contributed by atoms with Crippen molar-refractivity contribution >= 4 is 0 Å². The molecule has 4 fully saturated rings. The van der Waals surface area contributed by atoms with Gasteiger partial charge in [0.1, 0.15) is 0 Å². The first kappa shape index (κ1) is 15.5. The molecule has 4 rings (SSSR count). The molecule has 4 aliphatic carbocycles. The summed E-state index contributed by atoms with van der Waals surface area (Å²) in [7, 11) is 0. The van der Waals surface area contributed by atoms with Crippen LogP contribution in [-0.2, 0) is 0 Å². The highest BCUT2D eigenvalue weighted by molar-refractivity contribution is 5.00. The third kappa shape index (κ3) is 2.66. The van der Waals surface area contributed by atoms with Gasteiger partial charge in [0, 0.05) is 6.04 Å². The Labute approximate surface area is 137 Å². The van der Waals surface area contributed by atoms with Crippen LogP contribution in [0.25, 0.3) is 0 Å².